The van der Waals surface area contributed by atoms with Crippen molar-refractivity contribution < 1.29 is 4.39 Å². The van der Waals surface area contributed by atoms with Crippen LogP contribution in [0.15, 0.2) is 18.2 Å². The zero-order valence-electron chi connectivity index (χ0n) is 11.8. The normalized spacial score (nSPS) is 26.4. The third-order valence-corrected chi connectivity index (χ3v) is 4.33. The largest absolute Gasteiger partial charge is 0.307 e. The molecule has 1 aliphatic rings. The summed E-state index contributed by atoms with van der Waals surface area (Å²) in [4.78, 5) is 2.36. The molecule has 0 aliphatic carbocycles. The van der Waals surface area contributed by atoms with Crippen LogP contribution in [0.3, 0.4) is 0 Å². The van der Waals surface area contributed by atoms with Crippen LogP contribution in [-0.2, 0) is 0 Å². The quantitative estimate of drug-likeness (QED) is 0.914. The Labute approximate surface area is 119 Å². The van der Waals surface area contributed by atoms with Gasteiger partial charge in [0.15, 0.2) is 0 Å². The van der Waals surface area contributed by atoms with Crippen molar-refractivity contribution in [2.75, 3.05) is 20.1 Å². The van der Waals surface area contributed by atoms with Crippen LogP contribution >= 0.6 is 11.6 Å². The summed E-state index contributed by atoms with van der Waals surface area (Å²) in [6.45, 7) is 6.59. The maximum Gasteiger partial charge on any atom is 0.124 e. The minimum absolute atomic E-state index is 0.143. The first-order valence-electron chi connectivity index (χ1n) is 6.87. The van der Waals surface area contributed by atoms with Crippen molar-refractivity contribution in [2.45, 2.75) is 32.4 Å². The summed E-state index contributed by atoms with van der Waals surface area (Å²) in [6.07, 6.45) is 1.14. The van der Waals surface area contributed by atoms with Gasteiger partial charge in [0.2, 0.25) is 0 Å². The summed E-state index contributed by atoms with van der Waals surface area (Å²) < 4.78 is 13.1. The summed E-state index contributed by atoms with van der Waals surface area (Å²) in [5.41, 5.74) is 0.967. The Bertz CT molecular complexity index is 438. The second kappa shape index (κ2) is 6.21. The Morgan fingerprint density at radius 3 is 2.84 bits per heavy atom. The molecule has 2 nitrogen and oxygen atoms in total. The Balaban J connectivity index is 2.02. The first-order valence-corrected chi connectivity index (χ1v) is 7.24. The number of rotatable bonds is 3. The van der Waals surface area contributed by atoms with Crippen LogP contribution < -0.4 is 5.32 Å². The van der Waals surface area contributed by atoms with Gasteiger partial charge in [0, 0.05) is 23.7 Å². The third-order valence-electron chi connectivity index (χ3n) is 4.00. The molecule has 0 radical (unpaired) electrons. The highest BCUT2D eigenvalue weighted by molar-refractivity contribution is 6.31. The second-order valence-electron chi connectivity index (χ2n) is 5.69. The molecule has 3 atom stereocenters. The maximum absolute atomic E-state index is 13.1. The number of nitrogens with zero attached hydrogens (tertiary/aromatic N) is 1. The predicted molar refractivity (Wildman–Crippen MR) is 78.0 cm³/mol. The number of halogens is 2. The molecule has 1 heterocycles. The molecule has 4 heteroatoms. The van der Waals surface area contributed by atoms with E-state index in [0.717, 1.165) is 25.1 Å². The molecule has 106 valence electrons. The number of nitrogens with one attached hydrogen (secondary N) is 1. The third kappa shape index (κ3) is 3.68. The summed E-state index contributed by atoms with van der Waals surface area (Å²) >= 11 is 6.11. The number of hydrogen-bond acceptors (Lipinski definition) is 2. The van der Waals surface area contributed by atoms with Crippen molar-refractivity contribution in [1.82, 2.24) is 10.2 Å². The van der Waals surface area contributed by atoms with Crippen LogP contribution in [0.2, 0.25) is 5.02 Å². The Morgan fingerprint density at radius 2 is 2.21 bits per heavy atom. The first-order chi connectivity index (χ1) is 8.97. The first kappa shape index (κ1) is 14.8. The van der Waals surface area contributed by atoms with Crippen molar-refractivity contribution >= 4 is 11.6 Å². The van der Waals surface area contributed by atoms with Crippen LogP contribution in [-0.4, -0.2) is 31.1 Å². The SMILES string of the molecule is CC(NC1CCN(C)CC1C)c1ccc(F)cc1Cl. The van der Waals surface area contributed by atoms with E-state index < -0.39 is 0 Å². The van der Waals surface area contributed by atoms with Gasteiger partial charge in [-0.3, -0.25) is 0 Å². The van der Waals surface area contributed by atoms with Gasteiger partial charge in [-0.2, -0.15) is 0 Å². The van der Waals surface area contributed by atoms with Crippen molar-refractivity contribution in [3.05, 3.63) is 34.6 Å². The lowest BCUT2D eigenvalue weighted by Gasteiger charge is -2.37. The zero-order valence-corrected chi connectivity index (χ0v) is 12.5. The molecular weight excluding hydrogens is 263 g/mol. The molecule has 1 N–H and O–H groups in total. The fourth-order valence-corrected chi connectivity index (χ4v) is 3.20. The van der Waals surface area contributed by atoms with Gasteiger partial charge < -0.3 is 10.2 Å². The van der Waals surface area contributed by atoms with Gasteiger partial charge in [0.1, 0.15) is 5.82 Å². The average molecular weight is 285 g/mol. The van der Waals surface area contributed by atoms with Crippen LogP contribution in [0, 0.1) is 11.7 Å². The van der Waals surface area contributed by atoms with Crippen LogP contribution in [0.4, 0.5) is 4.39 Å². The molecule has 1 fully saturated rings. The number of hydrogen-bond donors (Lipinski definition) is 1. The molecular formula is C15H22ClFN2. The molecule has 0 spiro atoms. The van der Waals surface area contributed by atoms with E-state index in [0.29, 0.717) is 17.0 Å². The Hall–Kier alpha value is -0.640. The zero-order chi connectivity index (χ0) is 14.0. The van der Waals surface area contributed by atoms with E-state index >= 15 is 0 Å². The van der Waals surface area contributed by atoms with E-state index in [-0.39, 0.29) is 11.9 Å². The van der Waals surface area contributed by atoms with Gasteiger partial charge >= 0.3 is 0 Å². The minimum atomic E-state index is -0.284. The van der Waals surface area contributed by atoms with E-state index in [1.807, 2.05) is 0 Å². The predicted octanol–water partition coefficient (Wildman–Crippen LogP) is 3.47. The van der Waals surface area contributed by atoms with Crippen molar-refractivity contribution in [3.8, 4) is 0 Å². The van der Waals surface area contributed by atoms with Gasteiger partial charge in [-0.25, -0.2) is 4.39 Å². The highest BCUT2D eigenvalue weighted by atomic mass is 35.5. The number of likely N-dealkylation sites (tertiary alicyclic amines) is 1. The molecule has 0 saturated carbocycles. The number of piperidine rings is 1. The smallest absolute Gasteiger partial charge is 0.124 e. The van der Waals surface area contributed by atoms with Crippen LogP contribution in [0.1, 0.15) is 31.9 Å². The molecule has 3 unspecified atom stereocenters. The highest BCUT2D eigenvalue weighted by Gasteiger charge is 2.25. The van der Waals surface area contributed by atoms with E-state index in [1.165, 1.54) is 12.1 Å². The lowest BCUT2D eigenvalue weighted by Crippen LogP contribution is -2.47. The van der Waals surface area contributed by atoms with Gasteiger partial charge in [0.25, 0.3) is 0 Å². The summed E-state index contributed by atoms with van der Waals surface area (Å²) in [7, 11) is 2.16. The Morgan fingerprint density at radius 1 is 1.47 bits per heavy atom. The molecule has 0 aromatic heterocycles. The van der Waals surface area contributed by atoms with Crippen LogP contribution in [0.25, 0.3) is 0 Å². The minimum Gasteiger partial charge on any atom is -0.307 e. The highest BCUT2D eigenvalue weighted by Crippen LogP contribution is 2.26. The van der Waals surface area contributed by atoms with Crippen molar-refractivity contribution in [1.29, 1.82) is 0 Å². The van der Waals surface area contributed by atoms with Gasteiger partial charge in [-0.1, -0.05) is 24.6 Å². The molecule has 0 amide bonds. The number of benzene rings is 1. The molecule has 19 heavy (non-hydrogen) atoms. The summed E-state index contributed by atoms with van der Waals surface area (Å²) in [5, 5.41) is 4.13. The molecule has 0 bridgehead atoms. The molecule has 1 aromatic carbocycles. The standard InChI is InChI=1S/C15H22ClFN2/c1-10-9-19(3)7-6-15(10)18-11(2)13-5-4-12(17)8-14(13)16/h4-5,8,10-11,15,18H,6-7,9H2,1-3H3. The summed E-state index contributed by atoms with van der Waals surface area (Å²) in [6, 6.07) is 5.26. The topological polar surface area (TPSA) is 15.3 Å². The average Bonchev–Trinajstić information content (AvgIpc) is 2.32. The molecule has 1 saturated heterocycles. The fourth-order valence-electron chi connectivity index (χ4n) is 2.87. The fraction of sp³-hybridized carbons (Fsp3) is 0.600. The summed E-state index contributed by atoms with van der Waals surface area (Å²) in [5.74, 6) is 0.328. The lowest BCUT2D eigenvalue weighted by molar-refractivity contribution is 0.168. The second-order valence-corrected chi connectivity index (χ2v) is 6.10. The van der Waals surface area contributed by atoms with E-state index in [9.17, 15) is 4.39 Å². The van der Waals surface area contributed by atoms with E-state index in [4.69, 9.17) is 11.6 Å². The van der Waals surface area contributed by atoms with Crippen molar-refractivity contribution in [3.63, 3.8) is 0 Å². The van der Waals surface area contributed by atoms with Crippen LogP contribution in [0.5, 0.6) is 0 Å². The van der Waals surface area contributed by atoms with Gasteiger partial charge in [-0.05, 0) is 50.6 Å². The van der Waals surface area contributed by atoms with Gasteiger partial charge in [-0.15, -0.1) is 0 Å². The molecule has 1 aromatic rings. The monoisotopic (exact) mass is 284 g/mol. The van der Waals surface area contributed by atoms with Gasteiger partial charge in [0.05, 0.1) is 0 Å². The van der Waals surface area contributed by atoms with Crippen molar-refractivity contribution in [2.24, 2.45) is 5.92 Å². The lowest BCUT2D eigenvalue weighted by atomic mass is 9.93. The molecule has 2 rings (SSSR count). The van der Waals surface area contributed by atoms with E-state index in [2.05, 4.69) is 31.1 Å². The maximum atomic E-state index is 13.1. The van der Waals surface area contributed by atoms with E-state index in [1.54, 1.807) is 6.07 Å². The molecule has 1 aliphatic heterocycles. The Kier molecular flexibility index (Phi) is 4.82.